The van der Waals surface area contributed by atoms with Crippen molar-refractivity contribution in [2.24, 2.45) is 11.7 Å². The molecule has 4 heteroatoms. The highest BCUT2D eigenvalue weighted by Crippen LogP contribution is 2.29. The fourth-order valence-corrected chi connectivity index (χ4v) is 3.00. The minimum absolute atomic E-state index is 0.309. The SMILES string of the molecule is C=C1C[C@@H]([C@H](O)[C@@H](N)CC2CCCCC2)OC1=O. The number of aliphatic hydroxyl groups excluding tert-OH is 1. The Morgan fingerprint density at radius 1 is 1.39 bits per heavy atom. The van der Waals surface area contributed by atoms with Crippen LogP contribution in [0.1, 0.15) is 44.9 Å². The minimum atomic E-state index is -0.768. The molecule has 0 radical (unpaired) electrons. The highest BCUT2D eigenvalue weighted by Gasteiger charge is 2.36. The van der Waals surface area contributed by atoms with Crippen LogP contribution in [0, 0.1) is 5.92 Å². The van der Waals surface area contributed by atoms with Gasteiger partial charge in [0.25, 0.3) is 0 Å². The molecule has 0 amide bonds. The molecule has 1 aliphatic heterocycles. The molecule has 4 nitrogen and oxygen atoms in total. The summed E-state index contributed by atoms with van der Waals surface area (Å²) in [6, 6.07) is -0.309. The average molecular weight is 253 g/mol. The summed E-state index contributed by atoms with van der Waals surface area (Å²) in [6.07, 6.45) is 6.22. The Balaban J connectivity index is 1.82. The van der Waals surface area contributed by atoms with Gasteiger partial charge in [-0.15, -0.1) is 0 Å². The molecule has 102 valence electrons. The molecule has 1 saturated carbocycles. The average Bonchev–Trinajstić information content (AvgIpc) is 2.70. The fraction of sp³-hybridized carbons (Fsp3) is 0.786. The van der Waals surface area contributed by atoms with Gasteiger partial charge >= 0.3 is 5.97 Å². The second kappa shape index (κ2) is 5.85. The maximum Gasteiger partial charge on any atom is 0.333 e. The van der Waals surface area contributed by atoms with Gasteiger partial charge in [-0.3, -0.25) is 0 Å². The van der Waals surface area contributed by atoms with Gasteiger partial charge in [-0.05, 0) is 12.3 Å². The summed E-state index contributed by atoms with van der Waals surface area (Å²) in [6.45, 7) is 3.62. The first kappa shape index (κ1) is 13.6. The maximum absolute atomic E-state index is 11.2. The number of carbonyl (C=O) groups excluding carboxylic acids is 1. The van der Waals surface area contributed by atoms with Gasteiger partial charge in [-0.25, -0.2) is 4.79 Å². The van der Waals surface area contributed by atoms with Crippen LogP contribution in [0.15, 0.2) is 12.2 Å². The Kier molecular flexibility index (Phi) is 4.40. The van der Waals surface area contributed by atoms with Gasteiger partial charge < -0.3 is 15.6 Å². The van der Waals surface area contributed by atoms with Crippen molar-refractivity contribution in [3.8, 4) is 0 Å². The smallest absolute Gasteiger partial charge is 0.333 e. The molecule has 2 aliphatic rings. The summed E-state index contributed by atoms with van der Waals surface area (Å²) in [4.78, 5) is 11.2. The molecule has 3 atom stereocenters. The first-order valence-electron chi connectivity index (χ1n) is 6.90. The van der Waals surface area contributed by atoms with Crippen molar-refractivity contribution in [3.63, 3.8) is 0 Å². The van der Waals surface area contributed by atoms with Gasteiger partial charge in [-0.2, -0.15) is 0 Å². The summed E-state index contributed by atoms with van der Waals surface area (Å²) < 4.78 is 5.08. The summed E-state index contributed by atoms with van der Waals surface area (Å²) >= 11 is 0. The molecular weight excluding hydrogens is 230 g/mol. The van der Waals surface area contributed by atoms with E-state index >= 15 is 0 Å². The molecule has 18 heavy (non-hydrogen) atoms. The van der Waals surface area contributed by atoms with Crippen LogP contribution in [0.5, 0.6) is 0 Å². The topological polar surface area (TPSA) is 72.6 Å². The van der Waals surface area contributed by atoms with Crippen LogP contribution in [0.3, 0.4) is 0 Å². The van der Waals surface area contributed by atoms with Gasteiger partial charge in [-0.1, -0.05) is 38.7 Å². The number of rotatable bonds is 4. The number of nitrogens with two attached hydrogens (primary N) is 1. The quantitative estimate of drug-likeness (QED) is 0.588. The van der Waals surface area contributed by atoms with E-state index in [-0.39, 0.29) is 6.04 Å². The zero-order valence-electron chi connectivity index (χ0n) is 10.8. The highest BCUT2D eigenvalue weighted by molar-refractivity contribution is 5.90. The van der Waals surface area contributed by atoms with Crippen molar-refractivity contribution in [2.75, 3.05) is 0 Å². The standard InChI is InChI=1S/C14H23NO3/c1-9-7-12(18-14(9)17)13(16)11(15)8-10-5-3-2-4-6-10/h10-13,16H,1-8,15H2/t11-,12-,13+/m0/s1. The normalized spacial score (nSPS) is 29.1. The van der Waals surface area contributed by atoms with E-state index in [9.17, 15) is 9.90 Å². The molecule has 3 N–H and O–H groups in total. The Morgan fingerprint density at radius 2 is 2.06 bits per heavy atom. The molecule has 1 saturated heterocycles. The molecular formula is C14H23NO3. The van der Waals surface area contributed by atoms with Gasteiger partial charge in [0.2, 0.25) is 0 Å². The molecule has 1 heterocycles. The van der Waals surface area contributed by atoms with Crippen LogP contribution >= 0.6 is 0 Å². The van der Waals surface area contributed by atoms with E-state index in [1.54, 1.807) is 0 Å². The molecule has 0 bridgehead atoms. The second-order valence-electron chi connectivity index (χ2n) is 5.65. The lowest BCUT2D eigenvalue weighted by Crippen LogP contribution is -2.44. The number of esters is 1. The molecule has 0 spiro atoms. The summed E-state index contributed by atoms with van der Waals surface area (Å²) in [5, 5.41) is 10.1. The van der Waals surface area contributed by atoms with E-state index in [0.717, 1.165) is 6.42 Å². The molecule has 2 rings (SSSR count). The number of aliphatic hydroxyl groups is 1. The van der Waals surface area contributed by atoms with E-state index in [1.807, 2.05) is 0 Å². The van der Waals surface area contributed by atoms with E-state index < -0.39 is 18.2 Å². The van der Waals surface area contributed by atoms with Gasteiger partial charge in [0.15, 0.2) is 0 Å². The Morgan fingerprint density at radius 3 is 2.61 bits per heavy atom. The Labute approximate surface area is 108 Å². The number of hydrogen-bond acceptors (Lipinski definition) is 4. The molecule has 0 aromatic rings. The van der Waals surface area contributed by atoms with Crippen LogP contribution in [0.4, 0.5) is 0 Å². The van der Waals surface area contributed by atoms with Crippen molar-refractivity contribution in [1.82, 2.24) is 0 Å². The van der Waals surface area contributed by atoms with E-state index in [4.69, 9.17) is 10.5 Å². The summed E-state index contributed by atoms with van der Waals surface area (Å²) in [5.74, 6) is 0.215. The Hall–Kier alpha value is -0.870. The lowest BCUT2D eigenvalue weighted by molar-refractivity contribution is -0.143. The van der Waals surface area contributed by atoms with Crippen molar-refractivity contribution in [1.29, 1.82) is 0 Å². The molecule has 2 fully saturated rings. The van der Waals surface area contributed by atoms with Crippen molar-refractivity contribution < 1.29 is 14.6 Å². The summed E-state index contributed by atoms with van der Waals surface area (Å²) in [7, 11) is 0. The first-order valence-corrected chi connectivity index (χ1v) is 6.90. The van der Waals surface area contributed by atoms with Crippen LogP contribution in [-0.4, -0.2) is 29.3 Å². The number of ether oxygens (including phenoxy) is 1. The minimum Gasteiger partial charge on any atom is -0.456 e. The van der Waals surface area contributed by atoms with E-state index in [1.165, 1.54) is 32.1 Å². The van der Waals surface area contributed by atoms with Crippen molar-refractivity contribution >= 4 is 5.97 Å². The third kappa shape index (κ3) is 3.12. The zero-order chi connectivity index (χ0) is 13.1. The molecule has 0 aromatic heterocycles. The first-order chi connectivity index (χ1) is 8.58. The maximum atomic E-state index is 11.2. The predicted octanol–water partition coefficient (Wildman–Crippen LogP) is 1.52. The third-order valence-corrected chi connectivity index (χ3v) is 4.14. The molecule has 0 unspecified atom stereocenters. The molecule has 1 aliphatic carbocycles. The van der Waals surface area contributed by atoms with E-state index in [0.29, 0.717) is 17.9 Å². The van der Waals surface area contributed by atoms with Gasteiger partial charge in [0.05, 0.1) is 0 Å². The predicted molar refractivity (Wildman–Crippen MR) is 68.8 cm³/mol. The second-order valence-corrected chi connectivity index (χ2v) is 5.65. The zero-order valence-corrected chi connectivity index (χ0v) is 10.8. The Bertz CT molecular complexity index is 307. The third-order valence-electron chi connectivity index (χ3n) is 4.14. The van der Waals surface area contributed by atoms with Gasteiger partial charge in [0, 0.05) is 18.0 Å². The lowest BCUT2D eigenvalue weighted by Gasteiger charge is -2.28. The number of cyclic esters (lactones) is 1. The van der Waals surface area contributed by atoms with Crippen LogP contribution in [0.25, 0.3) is 0 Å². The largest absolute Gasteiger partial charge is 0.456 e. The summed E-state index contributed by atoms with van der Waals surface area (Å²) in [5.41, 5.74) is 6.48. The van der Waals surface area contributed by atoms with Gasteiger partial charge in [0.1, 0.15) is 12.2 Å². The van der Waals surface area contributed by atoms with Crippen LogP contribution in [0.2, 0.25) is 0 Å². The highest BCUT2D eigenvalue weighted by atomic mass is 16.6. The van der Waals surface area contributed by atoms with Crippen LogP contribution < -0.4 is 5.73 Å². The number of hydrogen-bond donors (Lipinski definition) is 2. The fourth-order valence-electron chi connectivity index (χ4n) is 3.00. The van der Waals surface area contributed by atoms with E-state index in [2.05, 4.69) is 6.58 Å². The lowest BCUT2D eigenvalue weighted by atomic mass is 9.83. The monoisotopic (exact) mass is 253 g/mol. The number of carbonyl (C=O) groups is 1. The van der Waals surface area contributed by atoms with Crippen molar-refractivity contribution in [2.45, 2.75) is 63.2 Å². The van der Waals surface area contributed by atoms with Crippen LogP contribution in [-0.2, 0) is 9.53 Å². The molecule has 0 aromatic carbocycles. The van der Waals surface area contributed by atoms with Crippen molar-refractivity contribution in [3.05, 3.63) is 12.2 Å².